The molecule has 1 fully saturated rings. The first-order valence-electron chi connectivity index (χ1n) is 15.6. The third kappa shape index (κ3) is 9.02. The van der Waals surface area contributed by atoms with E-state index < -0.39 is 36.5 Å². The Morgan fingerprint density at radius 2 is 1.67 bits per heavy atom. The summed E-state index contributed by atoms with van der Waals surface area (Å²) in [5.74, 6) is 0.403. The van der Waals surface area contributed by atoms with Crippen LogP contribution in [0.15, 0.2) is 30.5 Å². The Kier molecular flexibility index (Phi) is 13.8. The Balaban J connectivity index is 1.67. The average Bonchev–Trinajstić information content (AvgIpc) is 3.72. The van der Waals surface area contributed by atoms with Gasteiger partial charge in [-0.2, -0.15) is 0 Å². The first-order chi connectivity index (χ1) is 21.0. The van der Waals surface area contributed by atoms with Crippen LogP contribution in [0.2, 0.25) is 5.02 Å². The number of methoxy groups -OCH3 is 1. The molecule has 8 nitrogen and oxygen atoms in total. The largest absolute Gasteiger partial charge is 0.492 e. The number of aromatic nitrogens is 1. The molecule has 0 N–H and O–H groups in total. The lowest BCUT2D eigenvalue weighted by atomic mass is 9.89. The van der Waals surface area contributed by atoms with Crippen molar-refractivity contribution in [1.29, 1.82) is 0 Å². The van der Waals surface area contributed by atoms with Gasteiger partial charge in [-0.15, -0.1) is 11.3 Å². The van der Waals surface area contributed by atoms with Crippen LogP contribution in [0.3, 0.4) is 0 Å². The predicted octanol–water partition coefficient (Wildman–Crippen LogP) is 7.32. The second-order valence-electron chi connectivity index (χ2n) is 10.9. The second-order valence-corrected chi connectivity index (χ2v) is 12.4. The van der Waals surface area contributed by atoms with Crippen molar-refractivity contribution in [3.8, 4) is 0 Å². The van der Waals surface area contributed by atoms with Crippen molar-refractivity contribution in [2.24, 2.45) is 0 Å². The summed E-state index contributed by atoms with van der Waals surface area (Å²) in [6.45, 7) is 8.62. The SMILES string of the molecule is CCCCO[C@@H]1[C@@H](OCCCC)[C@H](c2ccc(Cl)c(Cc3ncc(C4=CCCO4)s3)c2)O[C@H](C(=O)OC)[C@H]1OCCCC. The van der Waals surface area contributed by atoms with Crippen LogP contribution < -0.4 is 0 Å². The van der Waals surface area contributed by atoms with E-state index in [0.29, 0.717) is 37.9 Å². The number of halogens is 1. The highest BCUT2D eigenvalue weighted by Crippen LogP contribution is 2.39. The summed E-state index contributed by atoms with van der Waals surface area (Å²) >= 11 is 8.32. The number of carbonyl (C=O) groups is 1. The molecule has 0 radical (unpaired) electrons. The molecule has 2 aliphatic heterocycles. The quantitative estimate of drug-likeness (QED) is 0.132. The number of ether oxygens (including phenoxy) is 6. The number of esters is 1. The zero-order valence-electron chi connectivity index (χ0n) is 25.8. The van der Waals surface area contributed by atoms with Crippen LogP contribution in [0.5, 0.6) is 0 Å². The van der Waals surface area contributed by atoms with Gasteiger partial charge in [-0.1, -0.05) is 63.8 Å². The minimum atomic E-state index is -0.968. The van der Waals surface area contributed by atoms with E-state index >= 15 is 0 Å². The van der Waals surface area contributed by atoms with Crippen molar-refractivity contribution in [1.82, 2.24) is 4.98 Å². The summed E-state index contributed by atoms with van der Waals surface area (Å²) in [5.41, 5.74) is 1.76. The van der Waals surface area contributed by atoms with Gasteiger partial charge in [0.15, 0.2) is 6.10 Å². The van der Waals surface area contributed by atoms with E-state index in [9.17, 15) is 4.79 Å². The lowest BCUT2D eigenvalue weighted by Gasteiger charge is -2.45. The maximum Gasteiger partial charge on any atom is 0.337 e. The number of nitrogens with zero attached hydrogens (tertiary/aromatic N) is 1. The number of rotatable bonds is 17. The van der Waals surface area contributed by atoms with E-state index in [-0.39, 0.29) is 0 Å². The van der Waals surface area contributed by atoms with Gasteiger partial charge in [-0.25, -0.2) is 9.78 Å². The lowest BCUT2D eigenvalue weighted by molar-refractivity contribution is -0.261. The molecular weight excluding hydrogens is 590 g/mol. The van der Waals surface area contributed by atoms with E-state index in [1.807, 2.05) is 24.4 Å². The van der Waals surface area contributed by atoms with Crippen molar-refractivity contribution in [3.63, 3.8) is 0 Å². The Labute approximate surface area is 265 Å². The first-order valence-corrected chi connectivity index (χ1v) is 16.8. The molecule has 3 heterocycles. The van der Waals surface area contributed by atoms with Crippen molar-refractivity contribution in [2.75, 3.05) is 33.5 Å². The van der Waals surface area contributed by atoms with Crippen LogP contribution in [0, 0.1) is 0 Å². The summed E-state index contributed by atoms with van der Waals surface area (Å²) in [4.78, 5) is 18.8. The molecule has 2 aliphatic rings. The maximum absolute atomic E-state index is 13.1. The molecule has 4 rings (SSSR count). The number of hydrogen-bond acceptors (Lipinski definition) is 9. The predicted molar refractivity (Wildman–Crippen MR) is 168 cm³/mol. The second kappa shape index (κ2) is 17.5. The van der Waals surface area contributed by atoms with Crippen molar-refractivity contribution >= 4 is 34.7 Å². The molecule has 43 heavy (non-hydrogen) atoms. The number of unbranched alkanes of at least 4 members (excludes halogenated alkanes) is 3. The zero-order chi connectivity index (χ0) is 30.6. The molecule has 1 aromatic carbocycles. The highest BCUT2D eigenvalue weighted by atomic mass is 35.5. The van der Waals surface area contributed by atoms with Gasteiger partial charge in [0, 0.05) is 43.9 Å². The molecule has 1 aromatic heterocycles. The van der Waals surface area contributed by atoms with Gasteiger partial charge in [0.1, 0.15) is 30.2 Å². The number of thiazole rings is 1. The van der Waals surface area contributed by atoms with Gasteiger partial charge in [0.25, 0.3) is 0 Å². The van der Waals surface area contributed by atoms with Crippen LogP contribution in [0.4, 0.5) is 0 Å². The summed E-state index contributed by atoms with van der Waals surface area (Å²) < 4.78 is 36.8. The normalized spacial score (nSPS) is 23.7. The summed E-state index contributed by atoms with van der Waals surface area (Å²) in [6.07, 6.45) is 7.76. The standard InChI is InChI=1S/C33H46ClNO7S/c1-5-8-15-39-29-28(42-32(33(36)37-4)31(41-17-10-7-3)30(29)40-16-9-6-2)22-13-14-24(34)23(19-22)20-27-35-21-26(43-27)25-12-11-18-38-25/h12-14,19,21,28-32H,5-11,15-18,20H2,1-4H3/t28-,29-,30+,31-,32-/m0/s1. The maximum atomic E-state index is 13.1. The van der Waals surface area contributed by atoms with E-state index in [1.54, 1.807) is 11.3 Å². The van der Waals surface area contributed by atoms with Crippen molar-refractivity contribution < 1.29 is 33.2 Å². The fourth-order valence-corrected chi connectivity index (χ4v) is 6.35. The molecule has 0 bridgehead atoms. The van der Waals surface area contributed by atoms with Gasteiger partial charge in [0.2, 0.25) is 0 Å². The Bertz CT molecular complexity index is 1190. The minimum absolute atomic E-state index is 0.487. The highest BCUT2D eigenvalue weighted by Gasteiger charge is 2.51. The molecule has 2 aromatic rings. The average molecular weight is 636 g/mol. The monoisotopic (exact) mass is 635 g/mol. The Morgan fingerprint density at radius 1 is 1.00 bits per heavy atom. The lowest BCUT2D eigenvalue weighted by Crippen LogP contribution is -2.59. The smallest absolute Gasteiger partial charge is 0.337 e. The number of benzene rings is 1. The van der Waals surface area contributed by atoms with Crippen LogP contribution >= 0.6 is 22.9 Å². The Morgan fingerprint density at radius 3 is 2.30 bits per heavy atom. The molecular formula is C33H46ClNO7S. The minimum Gasteiger partial charge on any atom is -0.492 e. The molecule has 10 heteroatoms. The van der Waals surface area contributed by atoms with Crippen LogP contribution in [0.1, 0.15) is 92.8 Å². The highest BCUT2D eigenvalue weighted by molar-refractivity contribution is 7.12. The summed E-state index contributed by atoms with van der Waals surface area (Å²) in [7, 11) is 1.37. The molecule has 0 saturated carbocycles. The van der Waals surface area contributed by atoms with E-state index in [1.165, 1.54) is 7.11 Å². The third-order valence-corrected chi connectivity index (χ3v) is 9.02. The van der Waals surface area contributed by atoms with Crippen LogP contribution in [-0.4, -0.2) is 68.9 Å². The van der Waals surface area contributed by atoms with E-state index in [2.05, 4.69) is 31.8 Å². The molecule has 0 spiro atoms. The third-order valence-electron chi connectivity index (χ3n) is 7.64. The molecule has 5 atom stereocenters. The summed E-state index contributed by atoms with van der Waals surface area (Å²) in [5, 5.41) is 1.57. The molecule has 0 aliphatic carbocycles. The molecule has 0 amide bonds. The van der Waals surface area contributed by atoms with Gasteiger partial charge >= 0.3 is 5.97 Å². The van der Waals surface area contributed by atoms with Crippen molar-refractivity contribution in [3.05, 3.63) is 56.5 Å². The summed E-state index contributed by atoms with van der Waals surface area (Å²) in [6, 6.07) is 5.85. The fraction of sp³-hybridized carbons (Fsp3) is 0.636. The van der Waals surface area contributed by atoms with Gasteiger partial charge in [-0.3, -0.25) is 0 Å². The molecule has 0 unspecified atom stereocenters. The van der Waals surface area contributed by atoms with Gasteiger partial charge in [0.05, 0.1) is 23.6 Å². The number of carbonyl (C=O) groups excluding carboxylic acids is 1. The first kappa shape index (κ1) is 33.9. The van der Waals surface area contributed by atoms with Crippen molar-refractivity contribution in [2.45, 2.75) is 103 Å². The fourth-order valence-electron chi connectivity index (χ4n) is 5.23. The van der Waals surface area contributed by atoms with Gasteiger partial charge in [-0.05, 0) is 42.5 Å². The van der Waals surface area contributed by atoms with Crippen LogP contribution in [-0.2, 0) is 39.6 Å². The molecule has 1 saturated heterocycles. The van der Waals surface area contributed by atoms with E-state index in [4.69, 9.17) is 40.0 Å². The van der Waals surface area contributed by atoms with Crippen LogP contribution in [0.25, 0.3) is 5.76 Å². The zero-order valence-corrected chi connectivity index (χ0v) is 27.4. The van der Waals surface area contributed by atoms with E-state index in [0.717, 1.165) is 71.7 Å². The number of hydrogen-bond donors (Lipinski definition) is 0. The Hall–Kier alpha value is -2.01. The molecule has 238 valence electrons. The topological polar surface area (TPSA) is 85.3 Å². The van der Waals surface area contributed by atoms with Gasteiger partial charge < -0.3 is 28.4 Å².